The molecule has 1 aliphatic rings. The van der Waals surface area contributed by atoms with E-state index in [2.05, 4.69) is 14.8 Å². The van der Waals surface area contributed by atoms with Gasteiger partial charge in [0.1, 0.15) is 0 Å². The molecule has 0 saturated heterocycles. The first-order valence-corrected chi connectivity index (χ1v) is 8.98. The average molecular weight is 341 g/mol. The maximum absolute atomic E-state index is 11.5. The van der Waals surface area contributed by atoms with Crippen molar-refractivity contribution in [2.24, 2.45) is 0 Å². The van der Waals surface area contributed by atoms with Gasteiger partial charge in [-0.25, -0.2) is 4.72 Å². The van der Waals surface area contributed by atoms with E-state index >= 15 is 0 Å². The van der Waals surface area contributed by atoms with E-state index in [1.54, 1.807) is 13.8 Å². The van der Waals surface area contributed by atoms with Gasteiger partial charge in [0, 0.05) is 25.7 Å². The number of benzene rings is 1. The van der Waals surface area contributed by atoms with Gasteiger partial charge in [-0.1, -0.05) is 18.2 Å². The fraction of sp³-hybridized carbons (Fsp3) is 0.467. The molecule has 23 heavy (non-hydrogen) atoms. The standard InChI is InChI=1S/C15H23N3O4S/c1-12(2)18-23(19,20)17-9-8-16-7-3-4-13-5-6-14-15(10-13)22-11-21-14/h3-6,10,12,16-18H,7-9,11H2,1-2H3/b4-3+. The van der Waals surface area contributed by atoms with Gasteiger partial charge in [-0.3, -0.25) is 0 Å². The molecule has 3 N–H and O–H groups in total. The van der Waals surface area contributed by atoms with Crippen molar-refractivity contribution in [1.82, 2.24) is 14.8 Å². The molecule has 1 aromatic rings. The second-order valence-electron chi connectivity index (χ2n) is 5.39. The smallest absolute Gasteiger partial charge is 0.277 e. The Labute approximate surface area is 137 Å². The Kier molecular flexibility index (Phi) is 6.40. The van der Waals surface area contributed by atoms with E-state index in [4.69, 9.17) is 9.47 Å². The molecule has 0 atom stereocenters. The number of fused-ring (bicyclic) bond motifs is 1. The second kappa shape index (κ2) is 8.30. The lowest BCUT2D eigenvalue weighted by atomic mass is 10.2. The first-order valence-electron chi connectivity index (χ1n) is 7.50. The van der Waals surface area contributed by atoms with Crippen molar-refractivity contribution in [2.75, 3.05) is 26.4 Å². The molecule has 1 aromatic carbocycles. The number of nitrogens with one attached hydrogen (secondary N) is 3. The summed E-state index contributed by atoms with van der Waals surface area (Å²) in [6.07, 6.45) is 3.94. The predicted octanol–water partition coefficient (Wildman–Crippen LogP) is 0.850. The summed E-state index contributed by atoms with van der Waals surface area (Å²) in [6, 6.07) is 5.64. The van der Waals surface area contributed by atoms with Crippen LogP contribution >= 0.6 is 0 Å². The molecule has 0 spiro atoms. The minimum Gasteiger partial charge on any atom is -0.454 e. The van der Waals surface area contributed by atoms with Crippen molar-refractivity contribution < 1.29 is 17.9 Å². The van der Waals surface area contributed by atoms with Gasteiger partial charge in [0.2, 0.25) is 6.79 Å². The first kappa shape index (κ1) is 17.7. The average Bonchev–Trinajstić information content (AvgIpc) is 2.92. The van der Waals surface area contributed by atoms with E-state index in [9.17, 15) is 8.42 Å². The zero-order chi connectivity index (χ0) is 16.7. The predicted molar refractivity (Wildman–Crippen MR) is 89.7 cm³/mol. The summed E-state index contributed by atoms with van der Waals surface area (Å²) in [7, 11) is -3.41. The van der Waals surface area contributed by atoms with Gasteiger partial charge in [-0.15, -0.1) is 0 Å². The largest absolute Gasteiger partial charge is 0.454 e. The lowest BCUT2D eigenvalue weighted by molar-refractivity contribution is 0.174. The van der Waals surface area contributed by atoms with Crippen LogP contribution in [0, 0.1) is 0 Å². The molecule has 8 heteroatoms. The molecule has 0 fully saturated rings. The van der Waals surface area contributed by atoms with Gasteiger partial charge in [0.25, 0.3) is 10.2 Å². The van der Waals surface area contributed by atoms with E-state index in [0.29, 0.717) is 19.6 Å². The molecule has 0 aromatic heterocycles. The Balaban J connectivity index is 1.64. The van der Waals surface area contributed by atoms with E-state index in [-0.39, 0.29) is 12.8 Å². The Morgan fingerprint density at radius 3 is 2.78 bits per heavy atom. The summed E-state index contributed by atoms with van der Waals surface area (Å²) < 4.78 is 38.5. The maximum atomic E-state index is 11.5. The molecule has 128 valence electrons. The van der Waals surface area contributed by atoms with Crippen LogP contribution in [0.1, 0.15) is 19.4 Å². The van der Waals surface area contributed by atoms with Gasteiger partial charge >= 0.3 is 0 Å². The normalized spacial score (nSPS) is 14.0. The molecule has 1 heterocycles. The van der Waals surface area contributed by atoms with E-state index in [1.165, 1.54) is 0 Å². The van der Waals surface area contributed by atoms with Gasteiger partial charge in [-0.05, 0) is 31.5 Å². The monoisotopic (exact) mass is 341 g/mol. The summed E-state index contributed by atoms with van der Waals surface area (Å²) in [5.41, 5.74) is 1.03. The Morgan fingerprint density at radius 2 is 2.00 bits per heavy atom. The van der Waals surface area contributed by atoms with Gasteiger partial charge in [0.05, 0.1) is 0 Å². The van der Waals surface area contributed by atoms with Crippen LogP contribution in [0.2, 0.25) is 0 Å². The highest BCUT2D eigenvalue weighted by molar-refractivity contribution is 7.87. The van der Waals surface area contributed by atoms with Crippen molar-refractivity contribution in [1.29, 1.82) is 0 Å². The topological polar surface area (TPSA) is 88.7 Å². The summed E-state index contributed by atoms with van der Waals surface area (Å²) in [4.78, 5) is 0. The molecule has 0 unspecified atom stereocenters. The number of hydrogen-bond acceptors (Lipinski definition) is 5. The number of ether oxygens (including phenoxy) is 2. The first-order chi connectivity index (χ1) is 11.0. The molecule has 7 nitrogen and oxygen atoms in total. The molecular formula is C15H23N3O4S. The minimum absolute atomic E-state index is 0.120. The van der Waals surface area contributed by atoms with E-state index in [1.807, 2.05) is 30.4 Å². The van der Waals surface area contributed by atoms with Crippen LogP contribution in [-0.4, -0.2) is 40.9 Å². The zero-order valence-corrected chi connectivity index (χ0v) is 14.2. The van der Waals surface area contributed by atoms with Crippen LogP contribution in [0.3, 0.4) is 0 Å². The highest BCUT2D eigenvalue weighted by Gasteiger charge is 2.12. The molecule has 0 aliphatic carbocycles. The SMILES string of the molecule is CC(C)NS(=O)(=O)NCCNC/C=C/c1ccc2c(c1)OCO2. The van der Waals surface area contributed by atoms with Crippen LogP contribution in [0.15, 0.2) is 24.3 Å². The van der Waals surface area contributed by atoms with Gasteiger partial charge < -0.3 is 14.8 Å². The van der Waals surface area contributed by atoms with E-state index in [0.717, 1.165) is 17.1 Å². The molecule has 0 amide bonds. The lowest BCUT2D eigenvalue weighted by Crippen LogP contribution is -2.42. The third kappa shape index (κ3) is 6.19. The van der Waals surface area contributed by atoms with Crippen molar-refractivity contribution in [3.63, 3.8) is 0 Å². The van der Waals surface area contributed by atoms with Crippen LogP contribution in [0.4, 0.5) is 0 Å². The highest BCUT2D eigenvalue weighted by atomic mass is 32.2. The van der Waals surface area contributed by atoms with Crippen molar-refractivity contribution in [3.05, 3.63) is 29.8 Å². The Morgan fingerprint density at radius 1 is 1.22 bits per heavy atom. The molecule has 2 rings (SSSR count). The van der Waals surface area contributed by atoms with Crippen LogP contribution in [0.25, 0.3) is 6.08 Å². The van der Waals surface area contributed by atoms with Crippen LogP contribution in [-0.2, 0) is 10.2 Å². The lowest BCUT2D eigenvalue weighted by Gasteiger charge is -2.10. The third-order valence-corrected chi connectivity index (χ3v) is 4.32. The number of hydrogen-bond donors (Lipinski definition) is 3. The maximum Gasteiger partial charge on any atom is 0.277 e. The van der Waals surface area contributed by atoms with Gasteiger partial charge in [-0.2, -0.15) is 13.1 Å². The van der Waals surface area contributed by atoms with Crippen molar-refractivity contribution in [2.45, 2.75) is 19.9 Å². The quantitative estimate of drug-likeness (QED) is 0.580. The minimum atomic E-state index is -3.41. The Bertz CT molecular complexity index is 644. The van der Waals surface area contributed by atoms with Crippen LogP contribution < -0.4 is 24.2 Å². The van der Waals surface area contributed by atoms with Crippen LogP contribution in [0.5, 0.6) is 11.5 Å². The molecule has 1 aliphatic heterocycles. The highest BCUT2D eigenvalue weighted by Crippen LogP contribution is 2.32. The van der Waals surface area contributed by atoms with Crippen molar-refractivity contribution >= 4 is 16.3 Å². The molecule has 0 radical (unpaired) electrons. The third-order valence-electron chi connectivity index (χ3n) is 2.95. The van der Waals surface area contributed by atoms with Gasteiger partial charge in [0.15, 0.2) is 11.5 Å². The fourth-order valence-corrected chi connectivity index (χ4v) is 3.10. The summed E-state index contributed by atoms with van der Waals surface area (Å²) in [5.74, 6) is 1.52. The Hall–Kier alpha value is -1.61. The summed E-state index contributed by atoms with van der Waals surface area (Å²) >= 11 is 0. The second-order valence-corrected chi connectivity index (χ2v) is 6.92. The molecule has 0 bridgehead atoms. The summed E-state index contributed by atoms with van der Waals surface area (Å²) in [5, 5.41) is 3.14. The summed E-state index contributed by atoms with van der Waals surface area (Å²) in [6.45, 7) is 5.35. The zero-order valence-electron chi connectivity index (χ0n) is 13.3. The fourth-order valence-electron chi connectivity index (χ4n) is 2.02. The van der Waals surface area contributed by atoms with Crippen molar-refractivity contribution in [3.8, 4) is 11.5 Å². The molecule has 0 saturated carbocycles. The molecular weight excluding hydrogens is 318 g/mol. The van der Waals surface area contributed by atoms with E-state index < -0.39 is 10.2 Å². The number of rotatable bonds is 9.